The van der Waals surface area contributed by atoms with E-state index >= 15 is 0 Å². The molecule has 0 spiro atoms. The van der Waals surface area contributed by atoms with Crippen LogP contribution in [0.5, 0.6) is 5.75 Å². The first-order chi connectivity index (χ1) is 21.7. The number of aromatic hydroxyl groups is 1. The Hall–Kier alpha value is -3.74. The summed E-state index contributed by atoms with van der Waals surface area (Å²) in [6, 6.07) is 1.82. The minimum atomic E-state index is -2.83. The second-order valence-electron chi connectivity index (χ2n) is 13.1. The van der Waals surface area contributed by atoms with E-state index in [-0.39, 0.29) is 23.6 Å². The molecule has 3 aliphatic carbocycles. The van der Waals surface area contributed by atoms with Crippen molar-refractivity contribution < 1.29 is 39.9 Å². The van der Waals surface area contributed by atoms with Crippen LogP contribution in [-0.2, 0) is 14.4 Å². The maximum atomic E-state index is 14.2. The van der Waals surface area contributed by atoms with E-state index in [1.165, 1.54) is 57.2 Å². The zero-order valence-electron chi connectivity index (χ0n) is 27.1. The van der Waals surface area contributed by atoms with Gasteiger partial charge in [-0.15, -0.1) is 0 Å². The molecule has 46 heavy (non-hydrogen) atoms. The third kappa shape index (κ3) is 5.93. The predicted octanol–water partition coefficient (Wildman–Crippen LogP) is 3.81. The molecule has 12 nitrogen and oxygen atoms in total. The minimum absolute atomic E-state index is 0.0276. The third-order valence-corrected chi connectivity index (χ3v) is 9.97. The molecule has 0 radical (unpaired) electrons. The summed E-state index contributed by atoms with van der Waals surface area (Å²) in [6.45, 7) is 3.87. The fourth-order valence-electron chi connectivity index (χ4n) is 7.58. The lowest BCUT2D eigenvalue weighted by atomic mass is 9.53. The number of unbranched alkanes of at least 4 members (excludes halogenated alkanes) is 8. The Bertz CT molecular complexity index is 1470. The SMILES string of the molecule is CCCCCCCCCCCC(=O)Nc1ccc2c(c1O)C(O)=C1C(=O)[C@]3(O)C(=N)C(C(N)=O)=C(O)[C@@H](N(C)C)C3[C@@H](O)C1[C@H]2C. The van der Waals surface area contributed by atoms with E-state index in [1.807, 2.05) is 0 Å². The summed E-state index contributed by atoms with van der Waals surface area (Å²) in [7, 11) is 3.02. The topological polar surface area (TPSA) is 218 Å². The Labute approximate surface area is 269 Å². The summed E-state index contributed by atoms with van der Waals surface area (Å²) < 4.78 is 0. The number of fused-ring (bicyclic) bond motifs is 3. The Morgan fingerprint density at radius 3 is 2.17 bits per heavy atom. The zero-order valence-corrected chi connectivity index (χ0v) is 27.1. The summed E-state index contributed by atoms with van der Waals surface area (Å²) >= 11 is 0. The number of phenols is 1. The number of aliphatic hydroxyl groups excluding tert-OH is 3. The molecule has 0 saturated heterocycles. The number of carbonyl (C=O) groups is 3. The van der Waals surface area contributed by atoms with Crippen molar-refractivity contribution in [1.82, 2.24) is 4.90 Å². The van der Waals surface area contributed by atoms with Gasteiger partial charge in [-0.25, -0.2) is 0 Å². The van der Waals surface area contributed by atoms with Crippen molar-refractivity contribution in [3.8, 4) is 5.75 Å². The lowest BCUT2D eigenvalue weighted by Crippen LogP contribution is -2.71. The van der Waals surface area contributed by atoms with Gasteiger partial charge in [0.15, 0.2) is 5.60 Å². The first-order valence-electron chi connectivity index (χ1n) is 16.2. The monoisotopic (exact) mass is 640 g/mol. The van der Waals surface area contributed by atoms with E-state index in [4.69, 9.17) is 11.1 Å². The molecule has 6 atom stereocenters. The molecular weight excluding hydrogens is 592 g/mol. The zero-order chi connectivity index (χ0) is 34.1. The molecule has 1 aromatic carbocycles. The highest BCUT2D eigenvalue weighted by atomic mass is 16.3. The molecule has 1 fully saturated rings. The fourth-order valence-corrected chi connectivity index (χ4v) is 7.58. The number of hydrogen-bond donors (Lipinski definition) is 8. The summed E-state index contributed by atoms with van der Waals surface area (Å²) in [5, 5.41) is 68.7. The first-order valence-corrected chi connectivity index (χ1v) is 16.2. The van der Waals surface area contributed by atoms with Gasteiger partial charge in [0.2, 0.25) is 11.7 Å². The fraction of sp³-hybridized carbons (Fsp3) is 0.588. The van der Waals surface area contributed by atoms with Crippen LogP contribution < -0.4 is 11.1 Å². The number of Topliss-reactive ketones (excluding diaryl/α,β-unsaturated/α-hetero) is 1. The Morgan fingerprint density at radius 2 is 1.61 bits per heavy atom. The lowest BCUT2D eigenvalue weighted by Gasteiger charge is -2.54. The van der Waals surface area contributed by atoms with Crippen LogP contribution in [0.3, 0.4) is 0 Å². The van der Waals surface area contributed by atoms with Gasteiger partial charge in [0.25, 0.3) is 5.91 Å². The molecule has 3 aliphatic rings. The number of likely N-dealkylation sites (N-methyl/N-ethyl adjacent to an activating group) is 1. The van der Waals surface area contributed by atoms with Crippen molar-refractivity contribution in [2.24, 2.45) is 17.6 Å². The van der Waals surface area contributed by atoms with Crippen molar-refractivity contribution >= 4 is 34.8 Å². The number of amides is 2. The molecule has 0 heterocycles. The molecule has 2 amide bonds. The first kappa shape index (κ1) is 35.1. The molecule has 9 N–H and O–H groups in total. The van der Waals surface area contributed by atoms with Gasteiger partial charge in [-0.05, 0) is 38.1 Å². The number of carbonyl (C=O) groups excluding carboxylic acids is 3. The van der Waals surface area contributed by atoms with Gasteiger partial charge in [-0.1, -0.05) is 71.3 Å². The lowest BCUT2D eigenvalue weighted by molar-refractivity contribution is -0.151. The summed E-state index contributed by atoms with van der Waals surface area (Å²) in [5.74, 6) is -7.84. The van der Waals surface area contributed by atoms with Crippen LogP contribution in [-0.4, -0.2) is 85.6 Å². The number of nitrogens with zero attached hydrogens (tertiary/aromatic N) is 1. The van der Waals surface area contributed by atoms with Gasteiger partial charge < -0.3 is 42.0 Å². The summed E-state index contributed by atoms with van der Waals surface area (Å²) in [4.78, 5) is 40.6. The Kier molecular flexibility index (Phi) is 10.6. The largest absolute Gasteiger partial charge is 0.510 e. The molecule has 4 rings (SSSR count). The molecule has 2 unspecified atom stereocenters. The van der Waals surface area contributed by atoms with E-state index in [0.717, 1.165) is 19.3 Å². The van der Waals surface area contributed by atoms with Crippen LogP contribution in [0.1, 0.15) is 95.1 Å². The van der Waals surface area contributed by atoms with E-state index in [2.05, 4.69) is 12.2 Å². The number of ketones is 1. The van der Waals surface area contributed by atoms with Gasteiger partial charge >= 0.3 is 0 Å². The number of nitrogens with one attached hydrogen (secondary N) is 2. The summed E-state index contributed by atoms with van der Waals surface area (Å²) in [6.07, 6.45) is 8.56. The molecule has 12 heteroatoms. The van der Waals surface area contributed by atoms with Crippen molar-refractivity contribution in [3.63, 3.8) is 0 Å². The van der Waals surface area contributed by atoms with Crippen molar-refractivity contribution in [2.45, 2.75) is 102 Å². The molecule has 252 valence electrons. The van der Waals surface area contributed by atoms with Crippen LogP contribution in [0, 0.1) is 17.2 Å². The molecule has 0 aromatic heterocycles. The standard InChI is InChI=1S/C34H48N4O8/c1-5-6-7-8-9-10-11-12-13-14-20(39)37-19-16-15-18-17(2)21-23(28(41)22(18)27(19)40)32(44)34(46)25(29(21)42)26(38(3)4)30(43)24(31(34)35)33(36)45/h15-17,21,25-26,29,35,40-43,46H,5-14H2,1-4H3,(H2,36,45)(H,37,39)/t17-,21?,25?,26-,29-,34+/m0/s1. The molecule has 0 aliphatic heterocycles. The van der Waals surface area contributed by atoms with Crippen LogP contribution in [0.15, 0.2) is 29.0 Å². The normalized spacial score (nSPS) is 27.4. The number of hydrogen-bond acceptors (Lipinski definition) is 10. The Balaban J connectivity index is 1.61. The van der Waals surface area contributed by atoms with Gasteiger partial charge in [0.1, 0.15) is 22.8 Å². The average molecular weight is 641 g/mol. The molecule has 1 aromatic rings. The molecule has 1 saturated carbocycles. The number of nitrogens with two attached hydrogens (primary N) is 1. The highest BCUT2D eigenvalue weighted by molar-refractivity contribution is 6.34. The van der Waals surface area contributed by atoms with Crippen molar-refractivity contribution in [3.05, 3.63) is 40.2 Å². The van der Waals surface area contributed by atoms with E-state index < -0.39 is 81.3 Å². The number of rotatable bonds is 13. The second kappa shape index (κ2) is 13.9. The average Bonchev–Trinajstić information content (AvgIpc) is 2.99. The number of primary amides is 1. The van der Waals surface area contributed by atoms with Gasteiger partial charge in [-0.3, -0.25) is 19.3 Å². The number of anilines is 1. The van der Waals surface area contributed by atoms with Crippen molar-refractivity contribution in [1.29, 1.82) is 5.41 Å². The maximum absolute atomic E-state index is 14.2. The highest BCUT2D eigenvalue weighted by Crippen LogP contribution is 2.56. The smallest absolute Gasteiger partial charge is 0.254 e. The highest BCUT2D eigenvalue weighted by Gasteiger charge is 2.67. The maximum Gasteiger partial charge on any atom is 0.254 e. The second-order valence-corrected chi connectivity index (χ2v) is 13.1. The van der Waals surface area contributed by atoms with Crippen LogP contribution in [0.25, 0.3) is 5.76 Å². The van der Waals surface area contributed by atoms with E-state index in [1.54, 1.807) is 13.0 Å². The van der Waals surface area contributed by atoms with Crippen molar-refractivity contribution in [2.75, 3.05) is 19.4 Å². The van der Waals surface area contributed by atoms with Gasteiger partial charge in [-0.2, -0.15) is 0 Å². The van der Waals surface area contributed by atoms with E-state index in [9.17, 15) is 39.9 Å². The predicted molar refractivity (Wildman–Crippen MR) is 174 cm³/mol. The number of phenolic OH excluding ortho intramolecular Hbond substituents is 1. The summed E-state index contributed by atoms with van der Waals surface area (Å²) in [5.41, 5.74) is 0.726. The van der Waals surface area contributed by atoms with Gasteiger partial charge in [0.05, 0.1) is 35.0 Å². The third-order valence-electron chi connectivity index (χ3n) is 9.97. The number of benzene rings is 1. The van der Waals surface area contributed by atoms with Crippen LogP contribution in [0.4, 0.5) is 5.69 Å². The van der Waals surface area contributed by atoms with Gasteiger partial charge in [0, 0.05) is 17.9 Å². The Morgan fingerprint density at radius 1 is 1.02 bits per heavy atom. The minimum Gasteiger partial charge on any atom is -0.510 e. The quantitative estimate of drug-likeness (QED) is 0.116. The van der Waals surface area contributed by atoms with E-state index in [0.29, 0.717) is 12.0 Å². The molecular formula is C34H48N4O8. The number of aliphatic hydroxyl groups is 4. The molecule has 0 bridgehead atoms. The van der Waals surface area contributed by atoms with Crippen LogP contribution in [0.2, 0.25) is 0 Å². The van der Waals surface area contributed by atoms with Crippen LogP contribution >= 0.6 is 0 Å².